The van der Waals surface area contributed by atoms with Gasteiger partial charge in [0.1, 0.15) is 5.75 Å². The summed E-state index contributed by atoms with van der Waals surface area (Å²) < 4.78 is 5.13. The van der Waals surface area contributed by atoms with Crippen molar-refractivity contribution in [2.45, 2.75) is 31.7 Å². The minimum atomic E-state index is 0.153. The largest absolute Gasteiger partial charge is 0.497 e. The summed E-state index contributed by atoms with van der Waals surface area (Å²) in [5.41, 5.74) is 6.99. The number of carbonyl (C=O) groups excluding carboxylic acids is 1. The quantitative estimate of drug-likeness (QED) is 0.899. The smallest absolute Gasteiger partial charge is 0.223 e. The van der Waals surface area contributed by atoms with Crippen LogP contribution in [0, 0.1) is 0 Å². The molecule has 1 aromatic carbocycles. The number of hydrogen-bond donors (Lipinski definition) is 1. The standard InChI is InChI=1S/C15H22N2O2/c1-11(12-3-5-14(19-2)6-4-12)9-15(18)17-8-7-13(16)10-17/h3-6,11,13H,7-10,16H2,1-2H3/t11?,13-/m1/s1. The van der Waals surface area contributed by atoms with Gasteiger partial charge in [0.15, 0.2) is 0 Å². The van der Waals surface area contributed by atoms with Crippen LogP contribution in [0.25, 0.3) is 0 Å². The second kappa shape index (κ2) is 6.06. The van der Waals surface area contributed by atoms with Crippen LogP contribution >= 0.6 is 0 Å². The van der Waals surface area contributed by atoms with E-state index in [-0.39, 0.29) is 17.9 Å². The van der Waals surface area contributed by atoms with Crippen LogP contribution in [-0.2, 0) is 4.79 Å². The fourth-order valence-corrected chi connectivity index (χ4v) is 2.46. The summed E-state index contributed by atoms with van der Waals surface area (Å²) in [5.74, 6) is 1.26. The molecule has 19 heavy (non-hydrogen) atoms. The van der Waals surface area contributed by atoms with Crippen LogP contribution in [0.3, 0.4) is 0 Å². The van der Waals surface area contributed by atoms with Gasteiger partial charge in [-0.05, 0) is 30.0 Å². The average molecular weight is 262 g/mol. The summed E-state index contributed by atoms with van der Waals surface area (Å²) in [6.07, 6.45) is 1.46. The predicted molar refractivity (Wildman–Crippen MR) is 75.2 cm³/mol. The van der Waals surface area contributed by atoms with E-state index in [1.165, 1.54) is 0 Å². The van der Waals surface area contributed by atoms with E-state index >= 15 is 0 Å². The highest BCUT2D eigenvalue weighted by molar-refractivity contribution is 5.77. The molecule has 0 aliphatic carbocycles. The number of nitrogens with zero attached hydrogens (tertiary/aromatic N) is 1. The zero-order chi connectivity index (χ0) is 13.8. The number of likely N-dealkylation sites (tertiary alicyclic amines) is 1. The highest BCUT2D eigenvalue weighted by atomic mass is 16.5. The van der Waals surface area contributed by atoms with Crippen molar-refractivity contribution in [1.82, 2.24) is 4.90 Å². The molecule has 0 spiro atoms. The van der Waals surface area contributed by atoms with Gasteiger partial charge in [-0.15, -0.1) is 0 Å². The van der Waals surface area contributed by atoms with Gasteiger partial charge in [0.2, 0.25) is 5.91 Å². The number of carbonyl (C=O) groups is 1. The molecule has 1 aliphatic rings. The molecule has 1 aliphatic heterocycles. The van der Waals surface area contributed by atoms with E-state index in [1.807, 2.05) is 29.2 Å². The Balaban J connectivity index is 1.92. The third kappa shape index (κ3) is 3.47. The summed E-state index contributed by atoms with van der Waals surface area (Å²) in [5, 5.41) is 0. The number of nitrogens with two attached hydrogens (primary N) is 1. The summed E-state index contributed by atoms with van der Waals surface area (Å²) in [4.78, 5) is 14.0. The van der Waals surface area contributed by atoms with E-state index in [1.54, 1.807) is 7.11 Å². The maximum Gasteiger partial charge on any atom is 0.223 e. The fourth-order valence-electron chi connectivity index (χ4n) is 2.46. The molecular formula is C15H22N2O2. The van der Waals surface area contributed by atoms with Crippen LogP contribution in [0.4, 0.5) is 0 Å². The lowest BCUT2D eigenvalue weighted by molar-refractivity contribution is -0.130. The molecular weight excluding hydrogens is 240 g/mol. The van der Waals surface area contributed by atoms with E-state index in [4.69, 9.17) is 10.5 Å². The summed E-state index contributed by atoms with van der Waals surface area (Å²) in [6.45, 7) is 3.58. The molecule has 0 bridgehead atoms. The number of hydrogen-bond acceptors (Lipinski definition) is 3. The van der Waals surface area contributed by atoms with Crippen LogP contribution in [0.5, 0.6) is 5.75 Å². The van der Waals surface area contributed by atoms with Gasteiger partial charge in [-0.2, -0.15) is 0 Å². The Morgan fingerprint density at radius 1 is 1.47 bits per heavy atom. The van der Waals surface area contributed by atoms with Crippen molar-refractivity contribution in [2.75, 3.05) is 20.2 Å². The van der Waals surface area contributed by atoms with Crippen molar-refractivity contribution in [3.63, 3.8) is 0 Å². The van der Waals surface area contributed by atoms with Gasteiger partial charge in [0.25, 0.3) is 0 Å². The van der Waals surface area contributed by atoms with E-state index in [2.05, 4.69) is 6.92 Å². The Labute approximate surface area is 114 Å². The van der Waals surface area contributed by atoms with E-state index in [0.717, 1.165) is 24.3 Å². The normalized spacial score (nSPS) is 20.4. The average Bonchev–Trinajstić information content (AvgIpc) is 2.85. The zero-order valence-corrected chi connectivity index (χ0v) is 11.6. The first-order chi connectivity index (χ1) is 9.10. The third-order valence-corrected chi connectivity index (χ3v) is 3.74. The first kappa shape index (κ1) is 13.9. The Hall–Kier alpha value is -1.55. The molecule has 1 unspecified atom stereocenters. The van der Waals surface area contributed by atoms with Crippen molar-refractivity contribution in [3.05, 3.63) is 29.8 Å². The molecule has 2 rings (SSSR count). The summed E-state index contributed by atoms with van der Waals surface area (Å²) in [7, 11) is 1.65. The maximum absolute atomic E-state index is 12.1. The Bertz CT molecular complexity index is 430. The number of ether oxygens (including phenoxy) is 1. The monoisotopic (exact) mass is 262 g/mol. The van der Waals surface area contributed by atoms with Crippen molar-refractivity contribution < 1.29 is 9.53 Å². The van der Waals surface area contributed by atoms with Gasteiger partial charge in [-0.25, -0.2) is 0 Å². The minimum absolute atomic E-state index is 0.153. The Kier molecular flexibility index (Phi) is 4.43. The topological polar surface area (TPSA) is 55.6 Å². The number of rotatable bonds is 4. The second-order valence-corrected chi connectivity index (χ2v) is 5.27. The molecule has 2 atom stereocenters. The fraction of sp³-hybridized carbons (Fsp3) is 0.533. The zero-order valence-electron chi connectivity index (χ0n) is 11.6. The lowest BCUT2D eigenvalue weighted by Gasteiger charge is -2.19. The highest BCUT2D eigenvalue weighted by Crippen LogP contribution is 2.23. The van der Waals surface area contributed by atoms with E-state index < -0.39 is 0 Å². The van der Waals surface area contributed by atoms with Gasteiger partial charge in [0, 0.05) is 25.6 Å². The maximum atomic E-state index is 12.1. The molecule has 0 radical (unpaired) electrons. The lowest BCUT2D eigenvalue weighted by Crippen LogP contribution is -2.32. The SMILES string of the molecule is COc1ccc(C(C)CC(=O)N2CC[C@@H](N)C2)cc1. The molecule has 1 amide bonds. The van der Waals surface area contributed by atoms with Gasteiger partial charge in [-0.3, -0.25) is 4.79 Å². The van der Waals surface area contributed by atoms with Crippen molar-refractivity contribution in [3.8, 4) is 5.75 Å². The lowest BCUT2D eigenvalue weighted by atomic mass is 9.97. The molecule has 0 saturated carbocycles. The predicted octanol–water partition coefficient (Wildman–Crippen LogP) is 1.75. The van der Waals surface area contributed by atoms with Crippen molar-refractivity contribution >= 4 is 5.91 Å². The number of amides is 1. The van der Waals surface area contributed by atoms with Crippen molar-refractivity contribution in [1.29, 1.82) is 0 Å². The van der Waals surface area contributed by atoms with Gasteiger partial charge in [0.05, 0.1) is 7.11 Å². The molecule has 1 fully saturated rings. The Morgan fingerprint density at radius 2 is 2.16 bits per heavy atom. The van der Waals surface area contributed by atoms with Crippen LogP contribution < -0.4 is 10.5 Å². The second-order valence-electron chi connectivity index (χ2n) is 5.27. The van der Waals surface area contributed by atoms with Gasteiger partial charge in [-0.1, -0.05) is 19.1 Å². The molecule has 1 aromatic rings. The molecule has 1 heterocycles. The van der Waals surface area contributed by atoms with Crippen molar-refractivity contribution in [2.24, 2.45) is 5.73 Å². The Morgan fingerprint density at radius 3 is 2.68 bits per heavy atom. The molecule has 104 valence electrons. The highest BCUT2D eigenvalue weighted by Gasteiger charge is 2.24. The third-order valence-electron chi connectivity index (χ3n) is 3.74. The summed E-state index contributed by atoms with van der Waals surface area (Å²) >= 11 is 0. The van der Waals surface area contributed by atoms with Gasteiger partial charge < -0.3 is 15.4 Å². The molecule has 1 saturated heterocycles. The summed E-state index contributed by atoms with van der Waals surface area (Å²) in [6, 6.07) is 8.06. The van der Waals surface area contributed by atoms with E-state index in [0.29, 0.717) is 13.0 Å². The van der Waals surface area contributed by atoms with Crippen LogP contribution in [0.1, 0.15) is 31.2 Å². The van der Waals surface area contributed by atoms with E-state index in [9.17, 15) is 4.79 Å². The van der Waals surface area contributed by atoms with Gasteiger partial charge >= 0.3 is 0 Å². The molecule has 4 heteroatoms. The molecule has 0 aromatic heterocycles. The number of benzene rings is 1. The first-order valence-electron chi connectivity index (χ1n) is 6.77. The molecule has 2 N–H and O–H groups in total. The van der Waals surface area contributed by atoms with Crippen LogP contribution in [0.15, 0.2) is 24.3 Å². The number of methoxy groups -OCH3 is 1. The molecule has 4 nitrogen and oxygen atoms in total. The first-order valence-corrected chi connectivity index (χ1v) is 6.77. The minimum Gasteiger partial charge on any atom is -0.497 e. The van der Waals surface area contributed by atoms with Crippen LogP contribution in [0.2, 0.25) is 0 Å². The van der Waals surface area contributed by atoms with Crippen LogP contribution in [-0.4, -0.2) is 37.0 Å².